The molecule has 0 spiro atoms. The van der Waals surface area contributed by atoms with Crippen molar-refractivity contribution < 1.29 is 9.47 Å². The van der Waals surface area contributed by atoms with Gasteiger partial charge in [0, 0.05) is 13.2 Å². The summed E-state index contributed by atoms with van der Waals surface area (Å²) in [4.78, 5) is 0. The van der Waals surface area contributed by atoms with E-state index < -0.39 is 0 Å². The monoisotopic (exact) mass is 142 g/mol. The van der Waals surface area contributed by atoms with E-state index in [2.05, 4.69) is 11.8 Å². The Morgan fingerprint density at radius 1 is 1.20 bits per heavy atom. The summed E-state index contributed by atoms with van der Waals surface area (Å²) in [5.74, 6) is 5.53. The van der Waals surface area contributed by atoms with Gasteiger partial charge in [0.1, 0.15) is 0 Å². The van der Waals surface area contributed by atoms with Gasteiger partial charge in [-0.15, -0.1) is 5.92 Å². The van der Waals surface area contributed by atoms with Gasteiger partial charge in [-0.3, -0.25) is 0 Å². The summed E-state index contributed by atoms with van der Waals surface area (Å²) in [6, 6.07) is 0. The molecule has 2 nitrogen and oxygen atoms in total. The van der Waals surface area contributed by atoms with Gasteiger partial charge in [0.25, 0.3) is 0 Å². The van der Waals surface area contributed by atoms with E-state index in [9.17, 15) is 0 Å². The van der Waals surface area contributed by atoms with Gasteiger partial charge in [-0.25, -0.2) is 0 Å². The Labute approximate surface area is 62.5 Å². The molecule has 0 saturated carbocycles. The van der Waals surface area contributed by atoms with Gasteiger partial charge >= 0.3 is 0 Å². The topological polar surface area (TPSA) is 18.5 Å². The zero-order valence-electron chi connectivity index (χ0n) is 6.81. The van der Waals surface area contributed by atoms with Crippen LogP contribution in [-0.2, 0) is 9.47 Å². The first kappa shape index (κ1) is 9.48. The van der Waals surface area contributed by atoms with Gasteiger partial charge < -0.3 is 9.47 Å². The first-order valence-corrected chi connectivity index (χ1v) is 3.50. The van der Waals surface area contributed by atoms with Gasteiger partial charge in [0.15, 0.2) is 0 Å². The fourth-order valence-corrected chi connectivity index (χ4v) is 0.552. The number of rotatable bonds is 4. The lowest BCUT2D eigenvalue weighted by Crippen LogP contribution is -2.14. The molecular formula is C8H14O2. The summed E-state index contributed by atoms with van der Waals surface area (Å²) in [6.07, 6.45) is -0.333. The van der Waals surface area contributed by atoms with Crippen LogP contribution in [0.5, 0.6) is 0 Å². The van der Waals surface area contributed by atoms with Crippen LogP contribution in [-0.4, -0.2) is 19.5 Å². The maximum Gasteiger partial charge on any atom is 0.222 e. The molecule has 0 fully saturated rings. The van der Waals surface area contributed by atoms with E-state index in [1.807, 2.05) is 13.8 Å². The smallest absolute Gasteiger partial charge is 0.222 e. The second kappa shape index (κ2) is 6.60. The molecule has 58 valence electrons. The third-order valence-corrected chi connectivity index (χ3v) is 0.898. The van der Waals surface area contributed by atoms with Crippen LogP contribution in [0.2, 0.25) is 0 Å². The molecule has 0 aliphatic carbocycles. The minimum Gasteiger partial charge on any atom is -0.342 e. The SMILES string of the molecule is CC#CC(OCC)OCC. The Balaban J connectivity index is 3.57. The lowest BCUT2D eigenvalue weighted by atomic mass is 10.6. The lowest BCUT2D eigenvalue weighted by Gasteiger charge is -2.09. The average molecular weight is 142 g/mol. The maximum atomic E-state index is 5.13. The molecule has 0 aromatic rings. The highest BCUT2D eigenvalue weighted by atomic mass is 16.7. The van der Waals surface area contributed by atoms with E-state index in [4.69, 9.17) is 9.47 Å². The predicted octanol–water partition coefficient (Wildman–Crippen LogP) is 1.41. The van der Waals surface area contributed by atoms with Crippen LogP contribution in [0.15, 0.2) is 0 Å². The summed E-state index contributed by atoms with van der Waals surface area (Å²) < 4.78 is 10.3. The zero-order chi connectivity index (χ0) is 7.82. The highest BCUT2D eigenvalue weighted by molar-refractivity contribution is 4.98. The molecule has 0 rings (SSSR count). The summed E-state index contributed by atoms with van der Waals surface area (Å²) in [5, 5.41) is 0. The molecule has 0 aliphatic rings. The van der Waals surface area contributed by atoms with Crippen molar-refractivity contribution in [1.29, 1.82) is 0 Å². The zero-order valence-corrected chi connectivity index (χ0v) is 6.81. The van der Waals surface area contributed by atoms with Crippen molar-refractivity contribution in [2.24, 2.45) is 0 Å². The van der Waals surface area contributed by atoms with Crippen LogP contribution < -0.4 is 0 Å². The van der Waals surface area contributed by atoms with Gasteiger partial charge in [-0.1, -0.05) is 0 Å². The van der Waals surface area contributed by atoms with Crippen LogP contribution in [0.3, 0.4) is 0 Å². The highest BCUT2D eigenvalue weighted by Crippen LogP contribution is 1.91. The first-order chi connectivity index (χ1) is 4.85. The van der Waals surface area contributed by atoms with Crippen LogP contribution >= 0.6 is 0 Å². The van der Waals surface area contributed by atoms with Gasteiger partial charge in [0.05, 0.1) is 0 Å². The fourth-order valence-electron chi connectivity index (χ4n) is 0.552. The maximum absolute atomic E-state index is 5.13. The lowest BCUT2D eigenvalue weighted by molar-refractivity contribution is -0.0970. The second-order valence-corrected chi connectivity index (χ2v) is 1.64. The molecule has 0 saturated heterocycles. The fraction of sp³-hybridized carbons (Fsp3) is 0.750. The normalized spacial score (nSPS) is 9.20. The van der Waals surface area contributed by atoms with Crippen LogP contribution in [0, 0.1) is 11.8 Å². The molecule has 0 N–H and O–H groups in total. The average Bonchev–Trinajstić information content (AvgIpc) is 1.90. The molecule has 0 aromatic carbocycles. The number of hydrogen-bond donors (Lipinski definition) is 0. The van der Waals surface area contributed by atoms with Crippen molar-refractivity contribution in [2.45, 2.75) is 27.1 Å². The van der Waals surface area contributed by atoms with Crippen molar-refractivity contribution >= 4 is 0 Å². The minimum atomic E-state index is -0.333. The van der Waals surface area contributed by atoms with Crippen molar-refractivity contribution in [3.05, 3.63) is 0 Å². The molecule has 0 radical (unpaired) electrons. The molecule has 10 heavy (non-hydrogen) atoms. The van der Waals surface area contributed by atoms with Gasteiger partial charge in [-0.05, 0) is 26.7 Å². The molecule has 0 unspecified atom stereocenters. The molecule has 0 amide bonds. The summed E-state index contributed by atoms with van der Waals surface area (Å²) in [6.45, 7) is 6.89. The van der Waals surface area contributed by atoms with E-state index in [0.717, 1.165) is 0 Å². The summed E-state index contributed by atoms with van der Waals surface area (Å²) in [7, 11) is 0. The molecule has 2 heteroatoms. The van der Waals surface area contributed by atoms with E-state index in [0.29, 0.717) is 13.2 Å². The van der Waals surface area contributed by atoms with E-state index in [-0.39, 0.29) is 6.29 Å². The van der Waals surface area contributed by atoms with Gasteiger partial charge in [0.2, 0.25) is 6.29 Å². The molecule has 0 bridgehead atoms. The standard InChI is InChI=1S/C8H14O2/c1-4-7-8(9-5-2)10-6-3/h8H,5-6H2,1-3H3. The third-order valence-electron chi connectivity index (χ3n) is 0.898. The number of hydrogen-bond acceptors (Lipinski definition) is 2. The molecule has 0 aliphatic heterocycles. The molecule has 0 atom stereocenters. The van der Waals surface area contributed by atoms with E-state index in [1.165, 1.54) is 0 Å². The Bertz CT molecular complexity index is 115. The largest absolute Gasteiger partial charge is 0.342 e. The van der Waals surface area contributed by atoms with Crippen LogP contribution in [0.1, 0.15) is 20.8 Å². The van der Waals surface area contributed by atoms with Gasteiger partial charge in [-0.2, -0.15) is 0 Å². The van der Waals surface area contributed by atoms with Crippen molar-refractivity contribution in [1.82, 2.24) is 0 Å². The van der Waals surface area contributed by atoms with Crippen LogP contribution in [0.4, 0.5) is 0 Å². The predicted molar refractivity (Wildman–Crippen MR) is 40.5 cm³/mol. The van der Waals surface area contributed by atoms with Crippen molar-refractivity contribution in [3.8, 4) is 11.8 Å². The Morgan fingerprint density at radius 2 is 1.70 bits per heavy atom. The quantitative estimate of drug-likeness (QED) is 0.436. The Morgan fingerprint density at radius 3 is 2.00 bits per heavy atom. The first-order valence-electron chi connectivity index (χ1n) is 3.50. The number of ether oxygens (including phenoxy) is 2. The van der Waals surface area contributed by atoms with E-state index >= 15 is 0 Å². The minimum absolute atomic E-state index is 0.333. The van der Waals surface area contributed by atoms with Crippen LogP contribution in [0.25, 0.3) is 0 Å². The Kier molecular flexibility index (Phi) is 6.25. The van der Waals surface area contributed by atoms with Crippen molar-refractivity contribution in [3.63, 3.8) is 0 Å². The molecule has 0 aromatic heterocycles. The highest BCUT2D eigenvalue weighted by Gasteiger charge is 1.99. The molecule has 0 heterocycles. The van der Waals surface area contributed by atoms with Crippen molar-refractivity contribution in [2.75, 3.05) is 13.2 Å². The summed E-state index contributed by atoms with van der Waals surface area (Å²) >= 11 is 0. The molecular weight excluding hydrogens is 128 g/mol. The van der Waals surface area contributed by atoms with E-state index in [1.54, 1.807) is 6.92 Å². The summed E-state index contributed by atoms with van der Waals surface area (Å²) in [5.41, 5.74) is 0. The third kappa shape index (κ3) is 4.37. The Hall–Kier alpha value is -0.520. The second-order valence-electron chi connectivity index (χ2n) is 1.64.